The first kappa shape index (κ1) is 24.4. The minimum Gasteiger partial charge on any atom is -0.473 e. The van der Waals surface area contributed by atoms with Crippen LogP contribution in [0, 0.1) is 29.1 Å². The molecule has 11 heteroatoms. The van der Waals surface area contributed by atoms with Crippen LogP contribution in [0.25, 0.3) is 6.08 Å². The van der Waals surface area contributed by atoms with Gasteiger partial charge in [-0.25, -0.2) is 18.0 Å². The van der Waals surface area contributed by atoms with Gasteiger partial charge in [-0.05, 0) is 42.8 Å². The van der Waals surface area contributed by atoms with Gasteiger partial charge in [0.1, 0.15) is 11.5 Å². The summed E-state index contributed by atoms with van der Waals surface area (Å²) in [5.41, 5.74) is 0.901. The van der Waals surface area contributed by atoms with Crippen LogP contribution in [0.4, 0.5) is 22.0 Å². The van der Waals surface area contributed by atoms with Crippen molar-refractivity contribution < 1.29 is 45.8 Å². The number of allylic oxidation sites excluding steroid dienone is 1. The zero-order valence-corrected chi connectivity index (χ0v) is 19.1. The Morgan fingerprint density at radius 2 is 1.63 bits per heavy atom. The number of ether oxygens (including phenoxy) is 3. The van der Waals surface area contributed by atoms with Crippen molar-refractivity contribution in [2.75, 3.05) is 0 Å². The van der Waals surface area contributed by atoms with Crippen LogP contribution in [0.1, 0.15) is 22.8 Å². The molecule has 4 rings (SSSR count). The molecule has 3 aromatic rings. The van der Waals surface area contributed by atoms with Crippen molar-refractivity contribution in [2.24, 2.45) is 0 Å². The van der Waals surface area contributed by atoms with Crippen LogP contribution in [-0.2, 0) is 4.79 Å². The van der Waals surface area contributed by atoms with E-state index in [-0.39, 0.29) is 22.8 Å². The summed E-state index contributed by atoms with van der Waals surface area (Å²) >= 11 is 3.33. The van der Waals surface area contributed by atoms with Gasteiger partial charge in [0.25, 0.3) is 0 Å². The lowest BCUT2D eigenvalue weighted by atomic mass is 10.1. The van der Waals surface area contributed by atoms with Crippen LogP contribution in [0.3, 0.4) is 0 Å². The molecule has 1 unspecified atom stereocenters. The molecule has 1 aliphatic heterocycles. The zero-order chi connectivity index (χ0) is 25.4. The third-order valence-electron chi connectivity index (χ3n) is 4.80. The second kappa shape index (κ2) is 9.49. The number of carbonyl (C=O) groups excluding carboxylic acids is 2. The van der Waals surface area contributed by atoms with Crippen LogP contribution in [-0.4, -0.2) is 17.9 Å². The molecule has 35 heavy (non-hydrogen) atoms. The summed E-state index contributed by atoms with van der Waals surface area (Å²) in [6, 6.07) is 11.0. The molecule has 1 aliphatic rings. The molecule has 0 aromatic heterocycles. The van der Waals surface area contributed by atoms with E-state index < -0.39 is 52.7 Å². The predicted octanol–water partition coefficient (Wildman–Crippen LogP) is 6.13. The average molecular weight is 555 g/mol. The summed E-state index contributed by atoms with van der Waals surface area (Å²) in [7, 11) is 0. The van der Waals surface area contributed by atoms with E-state index in [0.717, 1.165) is 11.4 Å². The highest BCUT2D eigenvalue weighted by Crippen LogP contribution is 2.35. The normalized spacial score (nSPS) is 14.5. The van der Waals surface area contributed by atoms with Gasteiger partial charge in [0.15, 0.2) is 17.6 Å². The first-order valence-corrected chi connectivity index (χ1v) is 10.6. The Morgan fingerprint density at radius 1 is 0.971 bits per heavy atom. The zero-order valence-electron chi connectivity index (χ0n) is 17.5. The number of hydrogen-bond acceptors (Lipinski definition) is 5. The molecule has 0 radical (unpaired) electrons. The summed E-state index contributed by atoms with van der Waals surface area (Å²) in [5.74, 6) is -14.5. The fraction of sp³-hybridized carbons (Fsp3) is 0.0833. The van der Waals surface area contributed by atoms with Crippen molar-refractivity contribution in [1.29, 1.82) is 0 Å². The molecule has 3 aromatic carbocycles. The molecule has 0 N–H and O–H groups in total. The number of halogens is 6. The number of rotatable bonds is 5. The fourth-order valence-electron chi connectivity index (χ4n) is 3.09. The molecular formula is C24H12BrF5O5. The molecular weight excluding hydrogens is 543 g/mol. The molecule has 1 atom stereocenters. The first-order valence-electron chi connectivity index (χ1n) is 9.80. The molecule has 0 aliphatic carbocycles. The SMILES string of the molecule is CC(Oc1c(F)c(F)c(F)c(F)c1F)C(=O)Oc1ccc2c(c1)O/C(=C\c1cccc(Br)c1)C2=O. The average Bonchev–Trinajstić information content (AvgIpc) is 3.13. The fourth-order valence-corrected chi connectivity index (χ4v) is 3.51. The van der Waals surface area contributed by atoms with Gasteiger partial charge in [-0.15, -0.1) is 0 Å². The van der Waals surface area contributed by atoms with Crippen molar-refractivity contribution in [1.82, 2.24) is 0 Å². The third-order valence-corrected chi connectivity index (χ3v) is 5.30. The Morgan fingerprint density at radius 3 is 2.29 bits per heavy atom. The summed E-state index contributed by atoms with van der Waals surface area (Å²) in [6.45, 7) is 0.993. The second-order valence-electron chi connectivity index (χ2n) is 7.23. The quantitative estimate of drug-likeness (QED) is 0.0947. The summed E-state index contributed by atoms with van der Waals surface area (Å²) in [4.78, 5) is 24.9. The van der Waals surface area contributed by atoms with Gasteiger partial charge in [0.05, 0.1) is 5.56 Å². The van der Waals surface area contributed by atoms with E-state index in [1.165, 1.54) is 24.3 Å². The number of ketones is 1. The van der Waals surface area contributed by atoms with Gasteiger partial charge >= 0.3 is 5.97 Å². The van der Waals surface area contributed by atoms with Crippen LogP contribution in [0.2, 0.25) is 0 Å². The monoisotopic (exact) mass is 554 g/mol. The number of carbonyl (C=O) groups is 2. The van der Waals surface area contributed by atoms with Crippen molar-refractivity contribution in [2.45, 2.75) is 13.0 Å². The second-order valence-corrected chi connectivity index (χ2v) is 8.15. The molecule has 0 fully saturated rings. The molecule has 0 spiro atoms. The van der Waals surface area contributed by atoms with E-state index in [4.69, 9.17) is 9.47 Å². The smallest absolute Gasteiger partial charge is 0.352 e. The highest BCUT2D eigenvalue weighted by Gasteiger charge is 2.31. The topological polar surface area (TPSA) is 61.8 Å². The molecule has 0 bridgehead atoms. The number of esters is 1. The molecule has 1 heterocycles. The van der Waals surface area contributed by atoms with E-state index in [0.29, 0.717) is 5.56 Å². The lowest BCUT2D eigenvalue weighted by Gasteiger charge is -2.15. The van der Waals surface area contributed by atoms with Crippen LogP contribution < -0.4 is 14.2 Å². The number of Topliss-reactive ketones (excluding diaryl/α,β-unsaturated/α-hetero) is 1. The largest absolute Gasteiger partial charge is 0.473 e. The van der Waals surface area contributed by atoms with Gasteiger partial charge in [-0.2, -0.15) is 8.78 Å². The Kier molecular flexibility index (Phi) is 6.62. The van der Waals surface area contributed by atoms with Crippen LogP contribution in [0.5, 0.6) is 17.2 Å². The predicted molar refractivity (Wildman–Crippen MR) is 115 cm³/mol. The highest BCUT2D eigenvalue weighted by atomic mass is 79.9. The van der Waals surface area contributed by atoms with Crippen molar-refractivity contribution in [3.05, 3.63) is 92.9 Å². The Hall–Kier alpha value is -3.73. The lowest BCUT2D eigenvalue weighted by molar-refractivity contribution is -0.141. The van der Waals surface area contributed by atoms with E-state index in [9.17, 15) is 31.5 Å². The van der Waals surface area contributed by atoms with Gasteiger partial charge in [-0.1, -0.05) is 28.1 Å². The van der Waals surface area contributed by atoms with E-state index in [2.05, 4.69) is 20.7 Å². The van der Waals surface area contributed by atoms with Gasteiger partial charge in [0, 0.05) is 10.5 Å². The van der Waals surface area contributed by atoms with E-state index in [1.54, 1.807) is 18.2 Å². The Bertz CT molecular complexity index is 1380. The number of hydrogen-bond donors (Lipinski definition) is 0. The van der Waals surface area contributed by atoms with E-state index in [1.807, 2.05) is 6.07 Å². The summed E-state index contributed by atoms with van der Waals surface area (Å²) < 4.78 is 83.5. The summed E-state index contributed by atoms with van der Waals surface area (Å²) in [6.07, 6.45) is -0.232. The Labute approximate surface area is 202 Å². The highest BCUT2D eigenvalue weighted by molar-refractivity contribution is 9.10. The van der Waals surface area contributed by atoms with E-state index >= 15 is 0 Å². The van der Waals surface area contributed by atoms with Crippen LogP contribution in [0.15, 0.2) is 52.7 Å². The minimum absolute atomic E-state index is 0.0320. The molecule has 0 amide bonds. The lowest BCUT2D eigenvalue weighted by Crippen LogP contribution is -2.29. The van der Waals surface area contributed by atoms with Crippen molar-refractivity contribution >= 4 is 33.8 Å². The van der Waals surface area contributed by atoms with Crippen LogP contribution >= 0.6 is 15.9 Å². The minimum atomic E-state index is -2.36. The van der Waals surface area contributed by atoms with Gasteiger partial charge in [-0.3, -0.25) is 4.79 Å². The number of benzene rings is 3. The maximum Gasteiger partial charge on any atom is 0.352 e. The first-order chi connectivity index (χ1) is 16.6. The molecule has 0 saturated heterocycles. The molecule has 180 valence electrons. The molecule has 5 nitrogen and oxygen atoms in total. The third kappa shape index (κ3) is 4.76. The van der Waals surface area contributed by atoms with Crippen molar-refractivity contribution in [3.8, 4) is 17.2 Å². The van der Waals surface area contributed by atoms with Gasteiger partial charge in [0.2, 0.25) is 34.9 Å². The maximum atomic E-state index is 13.8. The van der Waals surface area contributed by atoms with Gasteiger partial charge < -0.3 is 14.2 Å². The molecule has 0 saturated carbocycles. The number of fused-ring (bicyclic) bond motifs is 1. The van der Waals surface area contributed by atoms with Crippen molar-refractivity contribution in [3.63, 3.8) is 0 Å². The maximum absolute atomic E-state index is 13.8. The Balaban J connectivity index is 1.49. The standard InChI is InChI=1S/C24H12BrF5O5/c1-10(33-23-20(29)18(27)17(26)19(28)21(23)30)24(32)34-13-5-6-14-15(9-13)35-16(22(14)31)8-11-3-2-4-12(25)7-11/h2-10H,1H3/b16-8-. The summed E-state index contributed by atoms with van der Waals surface area (Å²) in [5, 5.41) is 0.